The van der Waals surface area contributed by atoms with Crippen LogP contribution in [0.25, 0.3) is 22.2 Å². The standard InChI is InChI=1S/C31H28FN7O/c32-21-8-4-7-19(11-21)23-9-10-34-30-24(23)13-27(37-30)29-25-14-26(35-17-28(25)38-39-29)20-12-22(16-33-15-20)36-31(40)18-5-2-1-3-6-18/h1-13,15-16,25-26,28-29,35,38-39H,14,17H2,(H,34,37)(H,36,40). The molecule has 0 aliphatic carbocycles. The molecule has 7 rings (SSSR count). The number of benzene rings is 2. The summed E-state index contributed by atoms with van der Waals surface area (Å²) in [6.07, 6.45) is 6.15. The number of anilines is 1. The Hall–Kier alpha value is -4.44. The lowest BCUT2D eigenvalue weighted by Gasteiger charge is -2.34. The fraction of sp³-hybridized carbons (Fsp3) is 0.194. The van der Waals surface area contributed by atoms with Crippen LogP contribution >= 0.6 is 0 Å². The van der Waals surface area contributed by atoms with Crippen LogP contribution in [-0.4, -0.2) is 33.4 Å². The number of hydrazine groups is 1. The van der Waals surface area contributed by atoms with Crippen LogP contribution in [0, 0.1) is 11.7 Å². The summed E-state index contributed by atoms with van der Waals surface area (Å²) in [7, 11) is 0. The molecule has 2 fully saturated rings. The predicted molar refractivity (Wildman–Crippen MR) is 152 cm³/mol. The minimum atomic E-state index is -0.262. The fourth-order valence-corrected chi connectivity index (χ4v) is 5.96. The Morgan fingerprint density at radius 3 is 2.75 bits per heavy atom. The van der Waals surface area contributed by atoms with Crippen LogP contribution in [-0.2, 0) is 0 Å². The van der Waals surface area contributed by atoms with Crippen LogP contribution in [0.4, 0.5) is 10.1 Å². The molecule has 8 nitrogen and oxygen atoms in total. The second-order valence-corrected chi connectivity index (χ2v) is 10.4. The molecule has 0 saturated carbocycles. The van der Waals surface area contributed by atoms with Gasteiger partial charge in [0.25, 0.3) is 5.91 Å². The first kappa shape index (κ1) is 24.6. The lowest BCUT2D eigenvalue weighted by Crippen LogP contribution is -2.46. The summed E-state index contributed by atoms with van der Waals surface area (Å²) in [4.78, 5) is 25.1. The van der Waals surface area contributed by atoms with Gasteiger partial charge in [0.2, 0.25) is 0 Å². The number of aromatic amines is 1. The highest BCUT2D eigenvalue weighted by molar-refractivity contribution is 6.04. The number of fused-ring (bicyclic) bond motifs is 2. The maximum absolute atomic E-state index is 14.0. The van der Waals surface area contributed by atoms with E-state index in [1.165, 1.54) is 6.07 Å². The monoisotopic (exact) mass is 533 g/mol. The van der Waals surface area contributed by atoms with E-state index in [0.717, 1.165) is 46.4 Å². The third-order valence-electron chi connectivity index (χ3n) is 7.94. The van der Waals surface area contributed by atoms with Crippen molar-refractivity contribution in [3.63, 3.8) is 0 Å². The summed E-state index contributed by atoms with van der Waals surface area (Å²) in [6, 6.07) is 22.2. The van der Waals surface area contributed by atoms with Crippen LogP contribution in [0.5, 0.6) is 0 Å². The van der Waals surface area contributed by atoms with Crippen LogP contribution in [0.2, 0.25) is 0 Å². The van der Waals surface area contributed by atoms with E-state index in [1.54, 1.807) is 36.7 Å². The average molecular weight is 534 g/mol. The molecule has 40 heavy (non-hydrogen) atoms. The number of hydrogen-bond acceptors (Lipinski definition) is 6. The Bertz CT molecular complexity index is 1690. The van der Waals surface area contributed by atoms with Gasteiger partial charge in [-0.1, -0.05) is 30.3 Å². The van der Waals surface area contributed by atoms with Crippen molar-refractivity contribution in [1.29, 1.82) is 0 Å². The van der Waals surface area contributed by atoms with Crippen molar-refractivity contribution in [3.05, 3.63) is 114 Å². The number of pyridine rings is 2. The lowest BCUT2D eigenvalue weighted by atomic mass is 9.81. The molecule has 5 N–H and O–H groups in total. The summed E-state index contributed by atoms with van der Waals surface area (Å²) in [5.74, 6) is -0.133. The number of carbonyl (C=O) groups excluding carboxylic acids is 1. The molecule has 0 bridgehead atoms. The van der Waals surface area contributed by atoms with Crippen molar-refractivity contribution in [2.45, 2.75) is 24.5 Å². The SMILES string of the molecule is O=C(Nc1cncc(C2CC3C(CN2)NNC3c2cc3c(-c4cccc(F)c4)ccnc3[nH]2)c1)c1ccccc1. The maximum atomic E-state index is 14.0. The number of amides is 1. The highest BCUT2D eigenvalue weighted by atomic mass is 19.1. The molecule has 2 aliphatic heterocycles. The topological polar surface area (TPSA) is 107 Å². The largest absolute Gasteiger partial charge is 0.342 e. The first-order valence-corrected chi connectivity index (χ1v) is 13.4. The highest BCUT2D eigenvalue weighted by Gasteiger charge is 2.42. The molecule has 0 spiro atoms. The summed E-state index contributed by atoms with van der Waals surface area (Å²) in [5, 5.41) is 7.57. The molecule has 2 aliphatic rings. The van der Waals surface area contributed by atoms with E-state index in [0.29, 0.717) is 17.2 Å². The van der Waals surface area contributed by atoms with Gasteiger partial charge in [-0.15, -0.1) is 0 Å². The number of piperidine rings is 1. The molecule has 5 heterocycles. The van der Waals surface area contributed by atoms with Gasteiger partial charge in [-0.05, 0) is 65.6 Å². The number of nitrogens with zero attached hydrogens (tertiary/aromatic N) is 2. The predicted octanol–water partition coefficient (Wildman–Crippen LogP) is 4.88. The number of hydrogen-bond donors (Lipinski definition) is 5. The minimum Gasteiger partial charge on any atom is -0.342 e. The zero-order chi connectivity index (χ0) is 27.1. The molecule has 3 aromatic heterocycles. The fourth-order valence-electron chi connectivity index (χ4n) is 5.96. The molecule has 9 heteroatoms. The molecular weight excluding hydrogens is 505 g/mol. The van der Waals surface area contributed by atoms with Crippen molar-refractivity contribution in [1.82, 2.24) is 31.1 Å². The summed E-state index contributed by atoms with van der Waals surface area (Å²) in [6.45, 7) is 0.784. The van der Waals surface area contributed by atoms with Gasteiger partial charge in [0, 0.05) is 53.6 Å². The van der Waals surface area contributed by atoms with E-state index in [2.05, 4.69) is 42.5 Å². The third-order valence-corrected chi connectivity index (χ3v) is 7.94. The molecule has 1 amide bonds. The number of aromatic nitrogens is 3. The van der Waals surface area contributed by atoms with Gasteiger partial charge in [0.1, 0.15) is 11.5 Å². The van der Waals surface area contributed by atoms with Crippen LogP contribution in [0.3, 0.4) is 0 Å². The smallest absolute Gasteiger partial charge is 0.255 e. The van der Waals surface area contributed by atoms with Gasteiger partial charge in [-0.2, -0.15) is 0 Å². The normalized spacial score (nSPS) is 22.2. The van der Waals surface area contributed by atoms with Crippen LogP contribution in [0.15, 0.2) is 91.4 Å². The molecule has 2 aromatic carbocycles. The minimum absolute atomic E-state index is 0.0399. The van der Waals surface area contributed by atoms with E-state index >= 15 is 0 Å². The zero-order valence-corrected chi connectivity index (χ0v) is 21.6. The number of halogens is 1. The molecule has 5 aromatic rings. The first-order valence-electron chi connectivity index (χ1n) is 13.4. The van der Waals surface area contributed by atoms with Crippen molar-refractivity contribution in [2.75, 3.05) is 11.9 Å². The van der Waals surface area contributed by atoms with Crippen molar-refractivity contribution >= 4 is 22.6 Å². The Morgan fingerprint density at radius 1 is 0.975 bits per heavy atom. The Labute approximate surface area is 230 Å². The molecular formula is C31H28FN7O. The average Bonchev–Trinajstić information content (AvgIpc) is 3.61. The summed E-state index contributed by atoms with van der Waals surface area (Å²) < 4.78 is 14.0. The Kier molecular flexibility index (Phi) is 6.31. The second-order valence-electron chi connectivity index (χ2n) is 10.4. The quantitative estimate of drug-likeness (QED) is 0.220. The Balaban J connectivity index is 1.12. The highest BCUT2D eigenvalue weighted by Crippen LogP contribution is 2.40. The van der Waals surface area contributed by atoms with Gasteiger partial charge in [-0.25, -0.2) is 14.8 Å². The summed E-state index contributed by atoms with van der Waals surface area (Å²) in [5.41, 5.74) is 12.8. The van der Waals surface area contributed by atoms with E-state index in [1.807, 2.05) is 42.6 Å². The zero-order valence-electron chi connectivity index (χ0n) is 21.6. The first-order chi connectivity index (χ1) is 19.6. The number of nitrogens with one attached hydrogen (secondary N) is 5. The second kappa shape index (κ2) is 10.3. The van der Waals surface area contributed by atoms with Crippen molar-refractivity contribution in [3.8, 4) is 11.1 Å². The van der Waals surface area contributed by atoms with E-state index in [-0.39, 0.29) is 29.8 Å². The number of H-pyrrole nitrogens is 1. The van der Waals surface area contributed by atoms with Gasteiger partial charge in [0.15, 0.2) is 0 Å². The van der Waals surface area contributed by atoms with Gasteiger partial charge >= 0.3 is 0 Å². The maximum Gasteiger partial charge on any atom is 0.255 e. The molecule has 4 atom stereocenters. The summed E-state index contributed by atoms with van der Waals surface area (Å²) >= 11 is 0. The van der Waals surface area contributed by atoms with Crippen LogP contribution in [0.1, 0.15) is 40.1 Å². The molecule has 0 radical (unpaired) electrons. The third kappa shape index (κ3) is 4.64. The van der Waals surface area contributed by atoms with Gasteiger partial charge < -0.3 is 15.6 Å². The van der Waals surface area contributed by atoms with Crippen LogP contribution < -0.4 is 21.5 Å². The Morgan fingerprint density at radius 2 is 1.88 bits per heavy atom. The number of carbonyl (C=O) groups is 1. The lowest BCUT2D eigenvalue weighted by molar-refractivity contribution is 0.102. The molecule has 2 saturated heterocycles. The van der Waals surface area contributed by atoms with Gasteiger partial charge in [0.05, 0.1) is 17.9 Å². The molecule has 200 valence electrons. The van der Waals surface area contributed by atoms with Crippen molar-refractivity contribution < 1.29 is 9.18 Å². The van der Waals surface area contributed by atoms with Gasteiger partial charge in [-0.3, -0.25) is 15.2 Å². The number of rotatable bonds is 5. The van der Waals surface area contributed by atoms with E-state index < -0.39 is 0 Å². The van der Waals surface area contributed by atoms with Crippen molar-refractivity contribution in [2.24, 2.45) is 5.92 Å². The van der Waals surface area contributed by atoms with E-state index in [9.17, 15) is 9.18 Å². The van der Waals surface area contributed by atoms with E-state index in [4.69, 9.17) is 0 Å². The molecule has 4 unspecified atom stereocenters.